The molecule has 2 rings (SSSR count). The van der Waals surface area contributed by atoms with Crippen LogP contribution in [0.2, 0.25) is 0 Å². The van der Waals surface area contributed by atoms with Crippen molar-refractivity contribution in [2.45, 2.75) is 78.8 Å². The summed E-state index contributed by atoms with van der Waals surface area (Å²) in [4.78, 5) is 0. The van der Waals surface area contributed by atoms with Gasteiger partial charge in [0.2, 0.25) is 0 Å². The second kappa shape index (κ2) is 5.87. The molecule has 0 amide bonds. The Bertz CT molecular complexity index is 467. The minimum atomic E-state index is -0.212. The van der Waals surface area contributed by atoms with Crippen molar-refractivity contribution >= 4 is 0 Å². The molecule has 1 saturated heterocycles. The summed E-state index contributed by atoms with van der Waals surface area (Å²) in [6.07, 6.45) is 0.102. The van der Waals surface area contributed by atoms with Crippen LogP contribution in [-0.4, -0.2) is 12.2 Å². The van der Waals surface area contributed by atoms with Crippen LogP contribution in [0.5, 0.6) is 0 Å². The van der Waals surface area contributed by atoms with Crippen LogP contribution in [0.4, 0.5) is 0 Å². The predicted octanol–water partition coefficient (Wildman–Crippen LogP) is 5.06. The van der Waals surface area contributed by atoms with E-state index in [9.17, 15) is 0 Å². The lowest BCUT2D eigenvalue weighted by Crippen LogP contribution is -2.13. The molecule has 1 fully saturated rings. The Morgan fingerprint density at radius 2 is 1.45 bits per heavy atom. The zero-order chi connectivity index (χ0) is 15.0. The molecule has 0 spiro atoms. The maximum Gasteiger partial charge on any atom is 0.184 e. The fourth-order valence-electron chi connectivity index (χ4n) is 2.75. The van der Waals surface area contributed by atoms with Gasteiger partial charge >= 0.3 is 0 Å². The van der Waals surface area contributed by atoms with Crippen LogP contribution in [0.1, 0.15) is 81.9 Å². The first kappa shape index (κ1) is 15.5. The lowest BCUT2D eigenvalue weighted by atomic mass is 9.88. The van der Waals surface area contributed by atoms with Crippen LogP contribution >= 0.6 is 0 Å². The number of benzene rings is 1. The average molecular weight is 276 g/mol. The highest BCUT2D eigenvalue weighted by Gasteiger charge is 2.32. The van der Waals surface area contributed by atoms with Gasteiger partial charge in [-0.3, -0.25) is 0 Å². The van der Waals surface area contributed by atoms with Crippen molar-refractivity contribution in [3.8, 4) is 0 Å². The first-order valence-corrected chi connectivity index (χ1v) is 7.76. The lowest BCUT2D eigenvalue weighted by Gasteiger charge is -2.21. The standard InChI is InChI=1S/C18H28O2/c1-10(2)15-8-16(11(3)4)12(5)17(9-15)18-19-13(6)14(7)20-18/h8-11,13-14,18H,1-7H3/t13-,14-/m1/s1. The Balaban J connectivity index is 2.46. The minimum absolute atomic E-state index is 0.157. The van der Waals surface area contributed by atoms with Gasteiger partial charge in [-0.15, -0.1) is 0 Å². The third kappa shape index (κ3) is 2.91. The van der Waals surface area contributed by atoms with Crippen LogP contribution < -0.4 is 0 Å². The predicted molar refractivity (Wildman–Crippen MR) is 83.2 cm³/mol. The Labute approximate surface area is 123 Å². The first-order valence-electron chi connectivity index (χ1n) is 7.76. The normalized spacial score (nSPS) is 24.1. The summed E-state index contributed by atoms with van der Waals surface area (Å²) in [5.41, 5.74) is 5.30. The van der Waals surface area contributed by atoms with Gasteiger partial charge in [-0.05, 0) is 49.3 Å². The second-order valence-corrected chi connectivity index (χ2v) is 6.65. The van der Waals surface area contributed by atoms with E-state index < -0.39 is 0 Å². The van der Waals surface area contributed by atoms with Gasteiger partial charge in [0.15, 0.2) is 6.29 Å². The maximum atomic E-state index is 5.99. The molecule has 0 radical (unpaired) electrons. The van der Waals surface area contributed by atoms with E-state index >= 15 is 0 Å². The molecule has 2 nitrogen and oxygen atoms in total. The molecule has 0 bridgehead atoms. The molecule has 1 heterocycles. The van der Waals surface area contributed by atoms with E-state index in [0.717, 1.165) is 0 Å². The van der Waals surface area contributed by atoms with Crippen molar-refractivity contribution in [3.63, 3.8) is 0 Å². The fraction of sp³-hybridized carbons (Fsp3) is 0.667. The van der Waals surface area contributed by atoms with Crippen molar-refractivity contribution in [3.05, 3.63) is 34.4 Å². The van der Waals surface area contributed by atoms with Crippen molar-refractivity contribution in [2.75, 3.05) is 0 Å². The van der Waals surface area contributed by atoms with Gasteiger partial charge in [0.25, 0.3) is 0 Å². The molecule has 112 valence electrons. The van der Waals surface area contributed by atoms with Crippen molar-refractivity contribution in [1.29, 1.82) is 0 Å². The molecular formula is C18H28O2. The molecule has 0 saturated carbocycles. The SMILES string of the molecule is Cc1c(C(C)C)cc(C(C)C)cc1C1O[C@H](C)[C@@H](C)O1. The van der Waals surface area contributed by atoms with Crippen molar-refractivity contribution < 1.29 is 9.47 Å². The minimum Gasteiger partial charge on any atom is -0.343 e. The van der Waals surface area contributed by atoms with E-state index in [1.807, 2.05) is 0 Å². The van der Waals surface area contributed by atoms with E-state index in [1.54, 1.807) is 0 Å². The highest BCUT2D eigenvalue weighted by atomic mass is 16.7. The monoisotopic (exact) mass is 276 g/mol. The topological polar surface area (TPSA) is 18.5 Å². The molecule has 0 aromatic heterocycles. The summed E-state index contributed by atoms with van der Waals surface area (Å²) in [7, 11) is 0. The molecule has 2 atom stereocenters. The summed E-state index contributed by atoms with van der Waals surface area (Å²) in [6.45, 7) is 15.3. The summed E-state index contributed by atoms with van der Waals surface area (Å²) in [5.74, 6) is 1.03. The van der Waals surface area contributed by atoms with Gasteiger partial charge in [-0.25, -0.2) is 0 Å². The van der Waals surface area contributed by atoms with Crippen molar-refractivity contribution in [1.82, 2.24) is 0 Å². The zero-order valence-corrected chi connectivity index (χ0v) is 13.9. The summed E-state index contributed by atoms with van der Waals surface area (Å²) in [5, 5.41) is 0. The third-order valence-electron chi connectivity index (χ3n) is 4.39. The van der Waals surface area contributed by atoms with Crippen LogP contribution in [0.15, 0.2) is 12.1 Å². The highest BCUT2D eigenvalue weighted by molar-refractivity contribution is 5.42. The summed E-state index contributed by atoms with van der Waals surface area (Å²) < 4.78 is 12.0. The van der Waals surface area contributed by atoms with Gasteiger partial charge in [-0.1, -0.05) is 39.8 Å². The lowest BCUT2D eigenvalue weighted by molar-refractivity contribution is -0.0657. The molecule has 1 aliphatic rings. The fourth-order valence-corrected chi connectivity index (χ4v) is 2.75. The maximum absolute atomic E-state index is 5.99. The largest absolute Gasteiger partial charge is 0.343 e. The molecule has 0 aliphatic carbocycles. The van der Waals surface area contributed by atoms with E-state index in [2.05, 4.69) is 60.6 Å². The van der Waals surface area contributed by atoms with Gasteiger partial charge in [0, 0.05) is 5.56 Å². The van der Waals surface area contributed by atoms with E-state index in [-0.39, 0.29) is 18.5 Å². The zero-order valence-electron chi connectivity index (χ0n) is 13.9. The number of ether oxygens (including phenoxy) is 2. The molecule has 1 aliphatic heterocycles. The molecule has 1 aromatic rings. The Kier molecular flexibility index (Phi) is 4.55. The molecule has 0 N–H and O–H groups in total. The van der Waals surface area contributed by atoms with Gasteiger partial charge < -0.3 is 9.47 Å². The van der Waals surface area contributed by atoms with Gasteiger partial charge in [-0.2, -0.15) is 0 Å². The van der Waals surface area contributed by atoms with E-state index in [1.165, 1.54) is 22.3 Å². The molecular weight excluding hydrogens is 248 g/mol. The summed E-state index contributed by atoms with van der Waals surface area (Å²) >= 11 is 0. The van der Waals surface area contributed by atoms with Crippen molar-refractivity contribution in [2.24, 2.45) is 0 Å². The first-order chi connectivity index (χ1) is 9.31. The van der Waals surface area contributed by atoms with E-state index in [0.29, 0.717) is 11.8 Å². The number of hydrogen-bond acceptors (Lipinski definition) is 2. The molecule has 1 aromatic carbocycles. The average Bonchev–Trinajstić information content (AvgIpc) is 2.69. The van der Waals surface area contributed by atoms with Crippen LogP contribution in [0.3, 0.4) is 0 Å². The van der Waals surface area contributed by atoms with Gasteiger partial charge in [0.1, 0.15) is 0 Å². The molecule has 2 heteroatoms. The molecule has 0 unspecified atom stereocenters. The van der Waals surface area contributed by atoms with Crippen LogP contribution in [-0.2, 0) is 9.47 Å². The quantitative estimate of drug-likeness (QED) is 0.768. The smallest absolute Gasteiger partial charge is 0.184 e. The third-order valence-corrected chi connectivity index (χ3v) is 4.39. The number of hydrogen-bond donors (Lipinski definition) is 0. The van der Waals surface area contributed by atoms with Crippen LogP contribution in [0.25, 0.3) is 0 Å². The number of rotatable bonds is 3. The van der Waals surface area contributed by atoms with Gasteiger partial charge in [0.05, 0.1) is 12.2 Å². The van der Waals surface area contributed by atoms with Crippen LogP contribution in [0, 0.1) is 6.92 Å². The summed E-state index contributed by atoms with van der Waals surface area (Å²) in [6, 6.07) is 4.61. The Morgan fingerprint density at radius 3 is 1.90 bits per heavy atom. The molecule has 20 heavy (non-hydrogen) atoms. The Hall–Kier alpha value is -0.860. The highest BCUT2D eigenvalue weighted by Crippen LogP contribution is 2.37. The van der Waals surface area contributed by atoms with E-state index in [4.69, 9.17) is 9.47 Å². The second-order valence-electron chi connectivity index (χ2n) is 6.65. The Morgan fingerprint density at radius 1 is 0.900 bits per heavy atom.